The first-order chi connectivity index (χ1) is 10.4. The molecular weight excluding hydrogens is 298 g/mol. The number of hydrogen-bond donors (Lipinski definition) is 2. The molecule has 1 aromatic carbocycles. The van der Waals surface area contributed by atoms with Gasteiger partial charge in [-0.1, -0.05) is 0 Å². The van der Waals surface area contributed by atoms with Crippen molar-refractivity contribution in [2.45, 2.75) is 39.8 Å². The van der Waals surface area contributed by atoms with Crippen LogP contribution in [0.25, 0.3) is 0 Å². The maximum Gasteiger partial charge on any atom is 0.187 e. The summed E-state index contributed by atoms with van der Waals surface area (Å²) in [6, 6.07) is 7.95. The van der Waals surface area contributed by atoms with Gasteiger partial charge in [-0.15, -0.1) is 0 Å². The molecule has 0 amide bonds. The van der Waals surface area contributed by atoms with E-state index in [1.807, 2.05) is 52.0 Å². The van der Waals surface area contributed by atoms with Crippen LogP contribution in [-0.4, -0.2) is 36.7 Å². The fraction of sp³-hybridized carbons (Fsp3) is 0.500. The Morgan fingerprint density at radius 2 is 1.86 bits per heavy atom. The maximum absolute atomic E-state index is 5.62. The summed E-state index contributed by atoms with van der Waals surface area (Å²) in [5, 5.41) is 7.84. The summed E-state index contributed by atoms with van der Waals surface area (Å²) in [7, 11) is 1.66. The molecule has 22 heavy (non-hydrogen) atoms. The third-order valence-corrected chi connectivity index (χ3v) is 2.97. The van der Waals surface area contributed by atoms with Crippen LogP contribution in [0.4, 0.5) is 0 Å². The molecule has 0 spiro atoms. The van der Waals surface area contributed by atoms with Crippen LogP contribution in [0.15, 0.2) is 29.4 Å². The third kappa shape index (κ3) is 6.87. The molecule has 0 aliphatic heterocycles. The van der Waals surface area contributed by atoms with Crippen molar-refractivity contribution >= 4 is 23.0 Å². The van der Waals surface area contributed by atoms with Crippen molar-refractivity contribution in [3.8, 4) is 5.75 Å². The number of nitrogens with one attached hydrogen (secondary N) is 2. The fourth-order valence-corrected chi connectivity index (χ4v) is 2.04. The van der Waals surface area contributed by atoms with E-state index in [1.54, 1.807) is 7.11 Å². The van der Waals surface area contributed by atoms with Crippen LogP contribution < -0.4 is 15.5 Å². The summed E-state index contributed by atoms with van der Waals surface area (Å²) in [5.74, 6) is 0.852. The minimum absolute atomic E-state index is 0.132. The van der Waals surface area contributed by atoms with Gasteiger partial charge < -0.3 is 14.8 Å². The highest BCUT2D eigenvalue weighted by atomic mass is 32.1. The molecule has 0 radical (unpaired) electrons. The predicted molar refractivity (Wildman–Crippen MR) is 94.6 cm³/mol. The van der Waals surface area contributed by atoms with E-state index in [9.17, 15) is 0 Å². The average Bonchev–Trinajstić information content (AvgIpc) is 2.45. The number of ether oxygens (including phenoxy) is 2. The van der Waals surface area contributed by atoms with Gasteiger partial charge >= 0.3 is 0 Å². The summed E-state index contributed by atoms with van der Waals surface area (Å²) >= 11 is 5.18. The van der Waals surface area contributed by atoms with E-state index in [4.69, 9.17) is 21.7 Å². The Morgan fingerprint density at radius 1 is 1.23 bits per heavy atom. The van der Waals surface area contributed by atoms with Gasteiger partial charge in [0.1, 0.15) is 5.75 Å². The standard InChI is InChI=1S/C16H25N3O2S/c1-11(2)21-15-8-6-14(7-9-15)13(4)18-19-16(22)17-12(3)10-20-5/h6-9,11-12H,10H2,1-5H3,(H2,17,19,22)/b18-13-/t12-/m1/s1. The van der Waals surface area contributed by atoms with Gasteiger partial charge in [-0.25, -0.2) is 0 Å². The number of nitrogens with zero attached hydrogens (tertiary/aromatic N) is 1. The Balaban J connectivity index is 2.55. The Hall–Kier alpha value is -1.66. The number of hydrazone groups is 1. The van der Waals surface area contributed by atoms with Gasteiger partial charge in [-0.3, -0.25) is 5.43 Å². The molecule has 0 unspecified atom stereocenters. The van der Waals surface area contributed by atoms with Crippen LogP contribution in [0.5, 0.6) is 5.75 Å². The van der Waals surface area contributed by atoms with Crippen molar-refractivity contribution in [1.29, 1.82) is 0 Å². The molecule has 1 rings (SSSR count). The zero-order chi connectivity index (χ0) is 16.5. The van der Waals surface area contributed by atoms with Crippen LogP contribution >= 0.6 is 12.2 Å². The summed E-state index contributed by atoms with van der Waals surface area (Å²) in [6.45, 7) is 8.50. The number of hydrogen-bond acceptors (Lipinski definition) is 4. The number of thiocarbonyl (C=S) groups is 1. The summed E-state index contributed by atoms with van der Waals surface area (Å²) in [5.41, 5.74) is 4.70. The van der Waals surface area contributed by atoms with Gasteiger partial charge in [0.05, 0.1) is 18.4 Å². The zero-order valence-electron chi connectivity index (χ0n) is 13.8. The second-order valence-electron chi connectivity index (χ2n) is 5.33. The molecule has 2 N–H and O–H groups in total. The Kier molecular flexibility index (Phi) is 7.84. The summed E-state index contributed by atoms with van der Waals surface area (Å²) < 4.78 is 10.7. The van der Waals surface area contributed by atoms with Crippen molar-refractivity contribution in [2.24, 2.45) is 5.10 Å². The monoisotopic (exact) mass is 323 g/mol. The maximum atomic E-state index is 5.62. The summed E-state index contributed by atoms with van der Waals surface area (Å²) in [4.78, 5) is 0. The SMILES string of the molecule is COC[C@@H](C)NC(=S)N/N=C(/C)c1ccc(OC(C)C)cc1. The van der Waals surface area contributed by atoms with E-state index in [2.05, 4.69) is 15.8 Å². The summed E-state index contributed by atoms with van der Waals surface area (Å²) in [6.07, 6.45) is 0.166. The minimum Gasteiger partial charge on any atom is -0.491 e. The molecule has 0 aliphatic rings. The molecule has 1 aromatic rings. The molecule has 6 heteroatoms. The van der Waals surface area contributed by atoms with Crippen molar-refractivity contribution < 1.29 is 9.47 Å². The third-order valence-electron chi connectivity index (χ3n) is 2.76. The van der Waals surface area contributed by atoms with E-state index >= 15 is 0 Å². The lowest BCUT2D eigenvalue weighted by Gasteiger charge is -2.14. The van der Waals surface area contributed by atoms with Crippen LogP contribution in [0.1, 0.15) is 33.3 Å². The van der Waals surface area contributed by atoms with E-state index in [0.717, 1.165) is 17.0 Å². The van der Waals surface area contributed by atoms with Crippen molar-refractivity contribution in [2.75, 3.05) is 13.7 Å². The van der Waals surface area contributed by atoms with Crippen LogP contribution in [0.3, 0.4) is 0 Å². The first kappa shape index (κ1) is 18.4. The molecule has 5 nitrogen and oxygen atoms in total. The van der Waals surface area contributed by atoms with Gasteiger partial charge in [0, 0.05) is 13.2 Å². The van der Waals surface area contributed by atoms with Gasteiger partial charge in [-0.05, 0) is 69.7 Å². The predicted octanol–water partition coefficient (Wildman–Crippen LogP) is 2.70. The lowest BCUT2D eigenvalue weighted by Crippen LogP contribution is -2.40. The molecule has 0 saturated heterocycles. The molecule has 1 atom stereocenters. The smallest absolute Gasteiger partial charge is 0.187 e. The van der Waals surface area contributed by atoms with Gasteiger partial charge in [0.2, 0.25) is 0 Å². The average molecular weight is 323 g/mol. The minimum atomic E-state index is 0.132. The highest BCUT2D eigenvalue weighted by Crippen LogP contribution is 2.14. The van der Waals surface area contributed by atoms with Crippen molar-refractivity contribution in [3.05, 3.63) is 29.8 Å². The lowest BCUT2D eigenvalue weighted by atomic mass is 10.1. The van der Waals surface area contributed by atoms with Crippen molar-refractivity contribution in [1.82, 2.24) is 10.7 Å². The number of benzene rings is 1. The Bertz CT molecular complexity index is 501. The van der Waals surface area contributed by atoms with Crippen LogP contribution in [-0.2, 0) is 4.74 Å². The molecular formula is C16H25N3O2S. The highest BCUT2D eigenvalue weighted by molar-refractivity contribution is 7.80. The second kappa shape index (κ2) is 9.38. The van der Waals surface area contributed by atoms with Gasteiger partial charge in [-0.2, -0.15) is 5.10 Å². The largest absolute Gasteiger partial charge is 0.491 e. The number of rotatable bonds is 7. The second-order valence-corrected chi connectivity index (χ2v) is 5.74. The lowest BCUT2D eigenvalue weighted by molar-refractivity contribution is 0.179. The van der Waals surface area contributed by atoms with Crippen molar-refractivity contribution in [3.63, 3.8) is 0 Å². The zero-order valence-corrected chi connectivity index (χ0v) is 14.7. The van der Waals surface area contributed by atoms with Crippen LogP contribution in [0, 0.1) is 0 Å². The first-order valence-corrected chi connectivity index (χ1v) is 7.70. The molecule has 0 aromatic heterocycles. The molecule has 0 saturated carbocycles. The Morgan fingerprint density at radius 3 is 2.41 bits per heavy atom. The highest BCUT2D eigenvalue weighted by Gasteiger charge is 2.04. The fourth-order valence-electron chi connectivity index (χ4n) is 1.79. The van der Waals surface area contributed by atoms with Crippen LogP contribution in [0.2, 0.25) is 0 Å². The molecule has 122 valence electrons. The van der Waals surface area contributed by atoms with E-state index in [1.165, 1.54) is 0 Å². The van der Waals surface area contributed by atoms with Gasteiger partial charge in [0.25, 0.3) is 0 Å². The van der Waals surface area contributed by atoms with E-state index in [0.29, 0.717) is 11.7 Å². The topological polar surface area (TPSA) is 54.9 Å². The molecule has 0 heterocycles. The van der Waals surface area contributed by atoms with E-state index < -0.39 is 0 Å². The number of methoxy groups -OCH3 is 1. The molecule has 0 aliphatic carbocycles. The molecule has 0 bridgehead atoms. The molecule has 0 fully saturated rings. The first-order valence-electron chi connectivity index (χ1n) is 7.29. The Labute approximate surface area is 138 Å². The normalized spacial score (nSPS) is 12.9. The quantitative estimate of drug-likeness (QED) is 0.459. The van der Waals surface area contributed by atoms with E-state index in [-0.39, 0.29) is 12.1 Å². The van der Waals surface area contributed by atoms with Gasteiger partial charge in [0.15, 0.2) is 5.11 Å².